The highest BCUT2D eigenvalue weighted by Gasteiger charge is 2.27. The Hall–Kier alpha value is -1.23. The van der Waals surface area contributed by atoms with Gasteiger partial charge in [0.15, 0.2) is 5.78 Å². The van der Waals surface area contributed by atoms with E-state index in [9.17, 15) is 9.90 Å². The van der Waals surface area contributed by atoms with E-state index < -0.39 is 6.10 Å². The van der Waals surface area contributed by atoms with Crippen LogP contribution < -0.4 is 10.6 Å². The molecule has 2 atom stereocenters. The molecule has 1 aliphatic heterocycles. The first-order valence-electron chi connectivity index (χ1n) is 5.50. The number of Topliss-reactive ketones (excluding diaryl/α,β-unsaturated/α-hetero) is 1. The van der Waals surface area contributed by atoms with Gasteiger partial charge in [0, 0.05) is 19.6 Å². The number of aliphatic hydroxyl groups excluding tert-OH is 1. The van der Waals surface area contributed by atoms with Crippen LogP contribution in [0.2, 0.25) is 0 Å². The predicted molar refractivity (Wildman–Crippen MR) is 61.1 cm³/mol. The number of hydrogen-bond acceptors (Lipinski definition) is 4. The number of carbonyl (C=O) groups is 1. The Morgan fingerprint density at radius 1 is 1.31 bits per heavy atom. The van der Waals surface area contributed by atoms with Crippen molar-refractivity contribution in [3.8, 4) is 0 Å². The van der Waals surface area contributed by atoms with Gasteiger partial charge in [0.1, 0.15) is 6.10 Å². The van der Waals surface area contributed by atoms with Crippen molar-refractivity contribution in [2.45, 2.75) is 12.1 Å². The molecule has 4 nitrogen and oxygen atoms in total. The number of aliphatic hydroxyl groups is 1. The Balaban J connectivity index is 2.04. The van der Waals surface area contributed by atoms with Crippen LogP contribution >= 0.6 is 0 Å². The largest absolute Gasteiger partial charge is 0.380 e. The smallest absolute Gasteiger partial charge is 0.183 e. The fraction of sp³-hybridized carbons (Fsp3) is 0.417. The molecular weight excluding hydrogens is 204 g/mol. The second-order valence-electron chi connectivity index (χ2n) is 3.93. The second kappa shape index (κ2) is 5.21. The summed E-state index contributed by atoms with van der Waals surface area (Å²) < 4.78 is 0. The maximum Gasteiger partial charge on any atom is 0.183 e. The summed E-state index contributed by atoms with van der Waals surface area (Å²) in [7, 11) is 0. The minimum Gasteiger partial charge on any atom is -0.380 e. The van der Waals surface area contributed by atoms with Crippen LogP contribution in [0, 0.1) is 0 Å². The Morgan fingerprint density at radius 2 is 2.06 bits per heavy atom. The van der Waals surface area contributed by atoms with E-state index >= 15 is 0 Å². The molecule has 2 unspecified atom stereocenters. The predicted octanol–water partition coefficient (Wildman–Crippen LogP) is -0.149. The summed E-state index contributed by atoms with van der Waals surface area (Å²) in [5.41, 5.74) is 0.653. The normalized spacial score (nSPS) is 22.7. The first-order valence-corrected chi connectivity index (χ1v) is 5.50. The molecule has 1 aromatic carbocycles. The molecule has 16 heavy (non-hydrogen) atoms. The zero-order valence-electron chi connectivity index (χ0n) is 9.02. The topological polar surface area (TPSA) is 61.4 Å². The molecule has 3 N–H and O–H groups in total. The summed E-state index contributed by atoms with van der Waals surface area (Å²) in [6, 6.07) is 8.74. The monoisotopic (exact) mass is 220 g/mol. The van der Waals surface area contributed by atoms with E-state index in [-0.39, 0.29) is 11.8 Å². The zero-order valence-corrected chi connectivity index (χ0v) is 9.02. The van der Waals surface area contributed by atoms with Crippen LogP contribution in [0.1, 0.15) is 11.7 Å². The molecule has 0 aliphatic carbocycles. The van der Waals surface area contributed by atoms with Crippen LogP contribution in [0.5, 0.6) is 0 Å². The summed E-state index contributed by atoms with van der Waals surface area (Å²) in [4.78, 5) is 11.9. The SMILES string of the molecule is O=C(C1CNCCN1)C(O)c1ccccc1. The van der Waals surface area contributed by atoms with Crippen molar-refractivity contribution in [2.24, 2.45) is 0 Å². The Morgan fingerprint density at radius 3 is 2.69 bits per heavy atom. The van der Waals surface area contributed by atoms with E-state index in [1.807, 2.05) is 18.2 Å². The lowest BCUT2D eigenvalue weighted by Crippen LogP contribution is -2.53. The van der Waals surface area contributed by atoms with Crippen molar-refractivity contribution in [1.82, 2.24) is 10.6 Å². The lowest BCUT2D eigenvalue weighted by Gasteiger charge is -2.25. The van der Waals surface area contributed by atoms with Gasteiger partial charge < -0.3 is 15.7 Å². The minimum atomic E-state index is -1.03. The second-order valence-corrected chi connectivity index (χ2v) is 3.93. The summed E-state index contributed by atoms with van der Waals surface area (Å²) in [5.74, 6) is -0.168. The van der Waals surface area contributed by atoms with Gasteiger partial charge in [-0.15, -0.1) is 0 Å². The molecule has 1 aromatic rings. The molecule has 4 heteroatoms. The third kappa shape index (κ3) is 2.47. The average molecular weight is 220 g/mol. The molecule has 1 fully saturated rings. The van der Waals surface area contributed by atoms with E-state index in [2.05, 4.69) is 10.6 Å². The number of benzene rings is 1. The summed E-state index contributed by atoms with van der Waals surface area (Å²) in [5, 5.41) is 16.1. The molecule has 0 saturated carbocycles. The highest BCUT2D eigenvalue weighted by molar-refractivity contribution is 5.89. The third-order valence-electron chi connectivity index (χ3n) is 2.77. The van der Waals surface area contributed by atoms with Crippen molar-refractivity contribution in [3.05, 3.63) is 35.9 Å². The molecule has 0 spiro atoms. The average Bonchev–Trinajstić information content (AvgIpc) is 2.39. The fourth-order valence-corrected chi connectivity index (χ4v) is 1.84. The Labute approximate surface area is 94.7 Å². The van der Waals surface area contributed by atoms with Gasteiger partial charge in [0.25, 0.3) is 0 Å². The van der Waals surface area contributed by atoms with Crippen molar-refractivity contribution in [3.63, 3.8) is 0 Å². The van der Waals surface area contributed by atoms with E-state index in [1.54, 1.807) is 12.1 Å². The summed E-state index contributed by atoms with van der Waals surface area (Å²) >= 11 is 0. The van der Waals surface area contributed by atoms with Gasteiger partial charge in [-0.05, 0) is 5.56 Å². The van der Waals surface area contributed by atoms with Crippen LogP contribution in [0.15, 0.2) is 30.3 Å². The van der Waals surface area contributed by atoms with Crippen LogP contribution in [0.25, 0.3) is 0 Å². The Bertz CT molecular complexity index is 347. The number of hydrogen-bond donors (Lipinski definition) is 3. The third-order valence-corrected chi connectivity index (χ3v) is 2.77. The first-order chi connectivity index (χ1) is 7.79. The quantitative estimate of drug-likeness (QED) is 0.663. The standard InChI is InChI=1S/C12H16N2O2/c15-11(9-4-2-1-3-5-9)12(16)10-8-13-6-7-14-10/h1-5,10-11,13-15H,6-8H2. The molecule has 1 heterocycles. The van der Waals surface area contributed by atoms with E-state index in [1.165, 1.54) is 0 Å². The minimum absolute atomic E-state index is 0.168. The van der Waals surface area contributed by atoms with Gasteiger partial charge in [-0.1, -0.05) is 30.3 Å². The van der Waals surface area contributed by atoms with Gasteiger partial charge >= 0.3 is 0 Å². The molecular formula is C12H16N2O2. The molecule has 2 rings (SSSR count). The van der Waals surface area contributed by atoms with Gasteiger partial charge in [-0.2, -0.15) is 0 Å². The number of nitrogens with one attached hydrogen (secondary N) is 2. The molecule has 0 amide bonds. The lowest BCUT2D eigenvalue weighted by molar-refractivity contribution is -0.129. The van der Waals surface area contributed by atoms with Crippen LogP contribution in [-0.2, 0) is 4.79 Å². The molecule has 86 valence electrons. The molecule has 0 aromatic heterocycles. The van der Waals surface area contributed by atoms with Crippen molar-refractivity contribution in [2.75, 3.05) is 19.6 Å². The first kappa shape index (κ1) is 11.3. The zero-order chi connectivity index (χ0) is 11.4. The van der Waals surface area contributed by atoms with Gasteiger partial charge in [0.05, 0.1) is 6.04 Å². The van der Waals surface area contributed by atoms with E-state index in [0.717, 1.165) is 13.1 Å². The van der Waals surface area contributed by atoms with Gasteiger partial charge in [0.2, 0.25) is 0 Å². The van der Waals surface area contributed by atoms with Crippen LogP contribution in [0.3, 0.4) is 0 Å². The van der Waals surface area contributed by atoms with Crippen molar-refractivity contribution in [1.29, 1.82) is 0 Å². The number of piperazine rings is 1. The van der Waals surface area contributed by atoms with Crippen LogP contribution in [0.4, 0.5) is 0 Å². The van der Waals surface area contributed by atoms with E-state index in [4.69, 9.17) is 0 Å². The van der Waals surface area contributed by atoms with Gasteiger partial charge in [-0.25, -0.2) is 0 Å². The maximum atomic E-state index is 11.9. The number of carbonyl (C=O) groups excluding carboxylic acids is 1. The molecule has 1 saturated heterocycles. The molecule has 0 bridgehead atoms. The highest BCUT2D eigenvalue weighted by atomic mass is 16.3. The number of ketones is 1. The highest BCUT2D eigenvalue weighted by Crippen LogP contribution is 2.15. The van der Waals surface area contributed by atoms with Gasteiger partial charge in [-0.3, -0.25) is 4.79 Å². The lowest BCUT2D eigenvalue weighted by atomic mass is 9.99. The molecule has 1 aliphatic rings. The van der Waals surface area contributed by atoms with E-state index in [0.29, 0.717) is 12.1 Å². The van der Waals surface area contributed by atoms with Crippen molar-refractivity contribution >= 4 is 5.78 Å². The Kier molecular flexibility index (Phi) is 3.66. The maximum absolute atomic E-state index is 11.9. The molecule has 0 radical (unpaired) electrons. The van der Waals surface area contributed by atoms with Crippen molar-refractivity contribution < 1.29 is 9.90 Å². The summed E-state index contributed by atoms with van der Waals surface area (Å²) in [6.45, 7) is 2.21. The number of rotatable bonds is 3. The summed E-state index contributed by atoms with van der Waals surface area (Å²) in [6.07, 6.45) is -1.03. The van der Waals surface area contributed by atoms with Crippen LogP contribution in [-0.4, -0.2) is 36.6 Å². The fourth-order valence-electron chi connectivity index (χ4n) is 1.84.